The monoisotopic (exact) mass is 279 g/mol. The fourth-order valence-electron chi connectivity index (χ4n) is 2.55. The summed E-state index contributed by atoms with van der Waals surface area (Å²) in [5.41, 5.74) is 1.12. The molecule has 110 valence electrons. The van der Waals surface area contributed by atoms with Gasteiger partial charge in [-0.3, -0.25) is 9.59 Å². The van der Waals surface area contributed by atoms with E-state index < -0.39 is 0 Å². The van der Waals surface area contributed by atoms with Crippen molar-refractivity contribution in [3.8, 4) is 0 Å². The van der Waals surface area contributed by atoms with Crippen molar-refractivity contribution in [3.05, 3.63) is 27.4 Å². The number of likely N-dealkylation sites (tertiary alicyclic amines) is 1. The molecule has 0 bridgehead atoms. The van der Waals surface area contributed by atoms with Crippen molar-refractivity contribution in [2.45, 2.75) is 45.6 Å². The normalized spacial score (nSPS) is 16.4. The van der Waals surface area contributed by atoms with Gasteiger partial charge in [0.1, 0.15) is 5.82 Å². The molecular formula is C14H21N3O3. The zero-order valence-corrected chi connectivity index (χ0v) is 12.0. The summed E-state index contributed by atoms with van der Waals surface area (Å²) in [5.74, 6) is 0.629. The maximum absolute atomic E-state index is 12.1. The lowest BCUT2D eigenvalue weighted by atomic mass is 10.1. The zero-order valence-electron chi connectivity index (χ0n) is 12.0. The number of nitrogens with zero attached hydrogens (tertiary/aromatic N) is 2. The Kier molecular flexibility index (Phi) is 4.54. The Morgan fingerprint density at radius 3 is 2.65 bits per heavy atom. The second-order valence-electron chi connectivity index (χ2n) is 5.33. The number of carbonyl (C=O) groups excluding carboxylic acids is 1. The summed E-state index contributed by atoms with van der Waals surface area (Å²) in [7, 11) is 0. The number of aromatic amines is 1. The van der Waals surface area contributed by atoms with Crippen LogP contribution in [0.1, 0.15) is 36.3 Å². The predicted molar refractivity (Wildman–Crippen MR) is 74.5 cm³/mol. The predicted octanol–water partition coefficient (Wildman–Crippen LogP) is 0.303. The van der Waals surface area contributed by atoms with Crippen molar-refractivity contribution in [3.63, 3.8) is 0 Å². The van der Waals surface area contributed by atoms with Crippen molar-refractivity contribution in [1.29, 1.82) is 0 Å². The first kappa shape index (κ1) is 14.7. The lowest BCUT2D eigenvalue weighted by Crippen LogP contribution is -2.40. The molecule has 1 fully saturated rings. The Labute approximate surface area is 117 Å². The molecule has 0 atom stereocenters. The number of carbonyl (C=O) groups is 1. The van der Waals surface area contributed by atoms with Crippen LogP contribution in [0.3, 0.4) is 0 Å². The first-order valence-electron chi connectivity index (χ1n) is 6.99. The van der Waals surface area contributed by atoms with Crippen molar-refractivity contribution < 1.29 is 9.90 Å². The number of aromatic nitrogens is 2. The van der Waals surface area contributed by atoms with Gasteiger partial charge in [0, 0.05) is 30.8 Å². The molecule has 1 aromatic rings. The summed E-state index contributed by atoms with van der Waals surface area (Å²) in [6.45, 7) is 4.73. The lowest BCUT2D eigenvalue weighted by Gasteiger charge is -2.29. The quantitative estimate of drug-likeness (QED) is 0.833. The minimum Gasteiger partial charge on any atom is -0.393 e. The van der Waals surface area contributed by atoms with Crippen LogP contribution < -0.4 is 5.56 Å². The van der Waals surface area contributed by atoms with Gasteiger partial charge >= 0.3 is 0 Å². The molecule has 1 amide bonds. The third kappa shape index (κ3) is 3.45. The molecule has 0 aliphatic carbocycles. The number of aryl methyl sites for hydroxylation is 2. The first-order chi connectivity index (χ1) is 9.47. The molecular weight excluding hydrogens is 258 g/mol. The van der Waals surface area contributed by atoms with Crippen LogP contribution in [0.25, 0.3) is 0 Å². The minimum absolute atomic E-state index is 0.0382. The number of H-pyrrole nitrogens is 1. The number of rotatable bonds is 3. The zero-order chi connectivity index (χ0) is 14.7. The van der Waals surface area contributed by atoms with Crippen molar-refractivity contribution >= 4 is 5.91 Å². The van der Waals surface area contributed by atoms with Crippen LogP contribution in [0.15, 0.2) is 4.79 Å². The molecule has 6 heteroatoms. The number of nitrogens with one attached hydrogen (secondary N) is 1. The van der Waals surface area contributed by atoms with Crippen LogP contribution in [-0.4, -0.2) is 45.1 Å². The minimum atomic E-state index is -0.287. The highest BCUT2D eigenvalue weighted by Crippen LogP contribution is 2.12. The van der Waals surface area contributed by atoms with E-state index in [1.807, 2.05) is 0 Å². The smallest absolute Gasteiger partial charge is 0.254 e. The van der Waals surface area contributed by atoms with Crippen molar-refractivity contribution in [1.82, 2.24) is 14.9 Å². The standard InChI is InChI=1S/C14H21N3O3/c1-9-12(14(20)16-10(2)15-9)3-4-13(19)17-7-5-11(18)6-8-17/h11,18H,3-8H2,1-2H3,(H,15,16,20). The SMILES string of the molecule is Cc1nc(C)c(CCC(=O)N2CCC(O)CC2)c(=O)[nH]1. The lowest BCUT2D eigenvalue weighted by molar-refractivity contribution is -0.133. The summed E-state index contributed by atoms with van der Waals surface area (Å²) in [4.78, 5) is 32.6. The fourth-order valence-corrected chi connectivity index (χ4v) is 2.55. The van der Waals surface area contributed by atoms with Gasteiger partial charge in [-0.05, 0) is 33.1 Å². The topological polar surface area (TPSA) is 86.3 Å². The van der Waals surface area contributed by atoms with Gasteiger partial charge in [-0.15, -0.1) is 0 Å². The summed E-state index contributed by atoms with van der Waals surface area (Å²) in [6.07, 6.45) is 1.71. The fraction of sp³-hybridized carbons (Fsp3) is 0.643. The Morgan fingerprint density at radius 2 is 2.05 bits per heavy atom. The molecule has 1 aromatic heterocycles. The highest BCUT2D eigenvalue weighted by atomic mass is 16.3. The highest BCUT2D eigenvalue weighted by molar-refractivity contribution is 5.76. The number of aliphatic hydroxyl groups excluding tert-OH is 1. The number of hydrogen-bond donors (Lipinski definition) is 2. The maximum Gasteiger partial charge on any atom is 0.254 e. The summed E-state index contributed by atoms with van der Waals surface area (Å²) >= 11 is 0. The largest absolute Gasteiger partial charge is 0.393 e. The van der Waals surface area contributed by atoms with E-state index in [1.54, 1.807) is 18.7 Å². The van der Waals surface area contributed by atoms with Crippen LogP contribution in [0.5, 0.6) is 0 Å². The highest BCUT2D eigenvalue weighted by Gasteiger charge is 2.21. The van der Waals surface area contributed by atoms with Gasteiger partial charge in [-0.2, -0.15) is 0 Å². The Morgan fingerprint density at radius 1 is 1.40 bits per heavy atom. The molecule has 2 heterocycles. The van der Waals surface area contributed by atoms with E-state index in [0.717, 1.165) is 0 Å². The van der Waals surface area contributed by atoms with E-state index in [9.17, 15) is 14.7 Å². The van der Waals surface area contributed by atoms with E-state index in [2.05, 4.69) is 9.97 Å². The number of aliphatic hydroxyl groups is 1. The second kappa shape index (κ2) is 6.17. The average molecular weight is 279 g/mol. The third-order valence-corrected chi connectivity index (χ3v) is 3.75. The van der Waals surface area contributed by atoms with Crippen LogP contribution in [-0.2, 0) is 11.2 Å². The molecule has 1 saturated heterocycles. The average Bonchev–Trinajstić information content (AvgIpc) is 2.38. The molecule has 1 aliphatic rings. The van der Waals surface area contributed by atoms with Crippen LogP contribution in [0.4, 0.5) is 0 Å². The second-order valence-corrected chi connectivity index (χ2v) is 5.33. The van der Waals surface area contributed by atoms with Gasteiger partial charge in [-0.1, -0.05) is 0 Å². The van der Waals surface area contributed by atoms with Crippen molar-refractivity contribution in [2.75, 3.05) is 13.1 Å². The van der Waals surface area contributed by atoms with Gasteiger partial charge < -0.3 is 15.0 Å². The van der Waals surface area contributed by atoms with Gasteiger partial charge in [0.25, 0.3) is 5.56 Å². The first-order valence-corrected chi connectivity index (χ1v) is 6.99. The van der Waals surface area contributed by atoms with E-state index in [0.29, 0.717) is 55.9 Å². The number of hydrogen-bond acceptors (Lipinski definition) is 4. The Bertz CT molecular complexity index is 545. The number of amides is 1. The van der Waals surface area contributed by atoms with Crippen LogP contribution in [0.2, 0.25) is 0 Å². The van der Waals surface area contributed by atoms with Gasteiger partial charge in [-0.25, -0.2) is 4.98 Å². The molecule has 0 saturated carbocycles. The van der Waals surface area contributed by atoms with Gasteiger partial charge in [0.05, 0.1) is 6.10 Å². The Balaban J connectivity index is 1.95. The molecule has 2 rings (SSSR count). The summed E-state index contributed by atoms with van der Waals surface area (Å²) in [6, 6.07) is 0. The van der Waals surface area contributed by atoms with Gasteiger partial charge in [0.15, 0.2) is 0 Å². The number of piperidine rings is 1. The van der Waals surface area contributed by atoms with E-state index in [4.69, 9.17) is 0 Å². The van der Waals surface area contributed by atoms with Gasteiger partial charge in [0.2, 0.25) is 5.91 Å². The van der Waals surface area contributed by atoms with Crippen LogP contribution >= 0.6 is 0 Å². The van der Waals surface area contributed by atoms with E-state index >= 15 is 0 Å². The molecule has 0 unspecified atom stereocenters. The van der Waals surface area contributed by atoms with E-state index in [-0.39, 0.29) is 17.6 Å². The summed E-state index contributed by atoms with van der Waals surface area (Å²) < 4.78 is 0. The molecule has 2 N–H and O–H groups in total. The molecule has 0 spiro atoms. The maximum atomic E-state index is 12.1. The molecule has 0 aromatic carbocycles. The molecule has 0 radical (unpaired) electrons. The molecule has 6 nitrogen and oxygen atoms in total. The van der Waals surface area contributed by atoms with E-state index in [1.165, 1.54) is 0 Å². The van der Waals surface area contributed by atoms with Crippen molar-refractivity contribution in [2.24, 2.45) is 0 Å². The molecule has 20 heavy (non-hydrogen) atoms. The Hall–Kier alpha value is -1.69. The molecule has 1 aliphatic heterocycles. The third-order valence-electron chi connectivity index (χ3n) is 3.75. The summed E-state index contributed by atoms with van der Waals surface area (Å²) in [5, 5.41) is 9.42. The van der Waals surface area contributed by atoms with Crippen LogP contribution in [0, 0.1) is 13.8 Å².